The molecule has 2 atom stereocenters. The number of aliphatic hydroxyl groups is 1. The Labute approximate surface area is 318 Å². The van der Waals surface area contributed by atoms with Crippen molar-refractivity contribution in [3.63, 3.8) is 0 Å². The molecule has 1 aromatic heterocycles. The highest BCUT2D eigenvalue weighted by atomic mass is 16.6. The van der Waals surface area contributed by atoms with Crippen LogP contribution in [0.2, 0.25) is 0 Å². The van der Waals surface area contributed by atoms with Gasteiger partial charge in [-0.25, -0.2) is 4.79 Å². The van der Waals surface area contributed by atoms with Crippen molar-refractivity contribution in [2.45, 2.75) is 43.4 Å². The Morgan fingerprint density at radius 2 is 1.71 bits per heavy atom. The summed E-state index contributed by atoms with van der Waals surface area (Å²) in [7, 11) is 0. The number of carbonyl (C=O) groups is 3. The number of ether oxygens (including phenoxy) is 2. The molecule has 55 heavy (non-hydrogen) atoms. The summed E-state index contributed by atoms with van der Waals surface area (Å²) in [6.07, 6.45) is 1.48. The number of alkyl carbamates (subject to hydrolysis) is 1. The average molecular weight is 753 g/mol. The number of nitrogens with zero attached hydrogens (tertiary/aromatic N) is 2. The SMILES string of the molecule is O=C(CCOc1ccc(C(=O)N2CC(NC(=O)O[C@H]3CN4CCC3CC4)(c3ccccc3)C2)cc1)NCCCNC[C@H](O)c1ccc(O)c2[nH]c(=O)ccc12. The molecule has 4 fully saturated rings. The summed E-state index contributed by atoms with van der Waals surface area (Å²) in [5.74, 6) is 0.570. The van der Waals surface area contributed by atoms with Crippen molar-refractivity contribution in [1.29, 1.82) is 0 Å². The van der Waals surface area contributed by atoms with Gasteiger partial charge in [0.05, 0.1) is 37.7 Å². The second kappa shape index (κ2) is 16.9. The van der Waals surface area contributed by atoms with Gasteiger partial charge in [-0.3, -0.25) is 19.3 Å². The fourth-order valence-electron chi connectivity index (χ4n) is 7.81. The van der Waals surface area contributed by atoms with Gasteiger partial charge in [0.15, 0.2) is 0 Å². The van der Waals surface area contributed by atoms with Gasteiger partial charge in [-0.15, -0.1) is 0 Å². The van der Waals surface area contributed by atoms with Gasteiger partial charge in [0, 0.05) is 36.7 Å². The number of hydrogen-bond donors (Lipinski definition) is 6. The van der Waals surface area contributed by atoms with Crippen molar-refractivity contribution in [1.82, 2.24) is 30.7 Å². The van der Waals surface area contributed by atoms with E-state index in [0.29, 0.717) is 60.8 Å². The molecule has 0 radical (unpaired) electrons. The summed E-state index contributed by atoms with van der Waals surface area (Å²) in [6, 6.07) is 22.5. The molecule has 5 heterocycles. The Kier molecular flexibility index (Phi) is 11.6. The van der Waals surface area contributed by atoms with Crippen LogP contribution in [0.4, 0.5) is 4.79 Å². The Hall–Kier alpha value is -5.44. The monoisotopic (exact) mass is 752 g/mol. The standard InChI is InChI=1S/C41H48N6O8/c48-33-13-11-31(32-12-14-37(51)44-38(32)33)34(49)23-42-18-4-19-43-36(50)17-22-54-30-9-7-28(8-10-30)39(52)47-25-41(26-47,29-5-2-1-3-6-29)45-40(53)55-35-24-46-20-15-27(35)16-21-46/h1-3,5-14,27,34-35,42,48-49H,4,15-26H2,(H,43,50)(H,44,51)(H,45,53)/t34-,35-/m0/s1. The van der Waals surface area contributed by atoms with Crippen LogP contribution in [0, 0.1) is 5.92 Å². The number of phenolic OH excluding ortho intramolecular Hbond substituents is 1. The number of aromatic nitrogens is 1. The van der Waals surface area contributed by atoms with Gasteiger partial charge in [0.2, 0.25) is 11.5 Å². The molecular weight excluding hydrogens is 704 g/mol. The summed E-state index contributed by atoms with van der Waals surface area (Å²) in [6.45, 7) is 4.96. The number of aliphatic hydroxyl groups excluding tert-OH is 1. The predicted octanol–water partition coefficient (Wildman–Crippen LogP) is 3.00. The highest BCUT2D eigenvalue weighted by molar-refractivity contribution is 5.95. The number of hydrogen-bond acceptors (Lipinski definition) is 10. The molecule has 3 aromatic carbocycles. The highest BCUT2D eigenvalue weighted by Crippen LogP contribution is 2.35. The van der Waals surface area contributed by atoms with Crippen molar-refractivity contribution >= 4 is 28.8 Å². The van der Waals surface area contributed by atoms with Crippen molar-refractivity contribution in [3.8, 4) is 11.5 Å². The maximum Gasteiger partial charge on any atom is 0.408 e. The van der Waals surface area contributed by atoms with E-state index in [0.717, 1.165) is 38.0 Å². The number of H-pyrrole nitrogens is 1. The van der Waals surface area contributed by atoms with Crippen LogP contribution in [0.15, 0.2) is 83.7 Å². The van der Waals surface area contributed by atoms with E-state index in [9.17, 15) is 29.4 Å². The van der Waals surface area contributed by atoms with Gasteiger partial charge in [-0.1, -0.05) is 36.4 Å². The topological polar surface area (TPSA) is 186 Å². The Balaban J connectivity index is 0.803. The normalized spacial score (nSPS) is 20.3. The second-order valence-electron chi connectivity index (χ2n) is 14.6. The fraction of sp³-hybridized carbons (Fsp3) is 0.415. The molecule has 4 aliphatic rings. The van der Waals surface area contributed by atoms with Crippen LogP contribution in [-0.4, -0.2) is 108 Å². The van der Waals surface area contributed by atoms with Gasteiger partial charge in [-0.05, 0) is 92.3 Å². The smallest absolute Gasteiger partial charge is 0.408 e. The number of likely N-dealkylation sites (tertiary alicyclic amines) is 1. The third-order valence-electron chi connectivity index (χ3n) is 10.9. The molecule has 0 saturated carbocycles. The summed E-state index contributed by atoms with van der Waals surface area (Å²) >= 11 is 0. The molecular formula is C41H48N6O8. The van der Waals surface area contributed by atoms with Gasteiger partial charge in [0.1, 0.15) is 23.1 Å². The van der Waals surface area contributed by atoms with E-state index in [1.165, 1.54) is 12.1 Å². The molecule has 4 aromatic rings. The summed E-state index contributed by atoms with van der Waals surface area (Å²) in [4.78, 5) is 57.2. The quantitative estimate of drug-likeness (QED) is 0.0987. The van der Waals surface area contributed by atoms with Crippen molar-refractivity contribution in [3.05, 3.63) is 106 Å². The average Bonchev–Trinajstić information content (AvgIpc) is 3.18. The van der Waals surface area contributed by atoms with Crippen molar-refractivity contribution in [2.24, 2.45) is 5.92 Å². The van der Waals surface area contributed by atoms with E-state index < -0.39 is 17.7 Å². The van der Waals surface area contributed by atoms with E-state index in [2.05, 4.69) is 25.8 Å². The molecule has 3 amide bonds. The highest BCUT2D eigenvalue weighted by Gasteiger charge is 2.49. The van der Waals surface area contributed by atoms with Crippen LogP contribution in [0.25, 0.3) is 10.9 Å². The Morgan fingerprint density at radius 3 is 2.44 bits per heavy atom. The van der Waals surface area contributed by atoms with Gasteiger partial charge in [0.25, 0.3) is 5.91 Å². The third kappa shape index (κ3) is 8.93. The number of rotatable bonds is 15. The van der Waals surface area contributed by atoms with Gasteiger partial charge < -0.3 is 45.5 Å². The number of amides is 3. The number of aromatic hydroxyl groups is 1. The zero-order valence-electron chi connectivity index (χ0n) is 30.7. The summed E-state index contributed by atoms with van der Waals surface area (Å²) in [5, 5.41) is 30.4. The van der Waals surface area contributed by atoms with Crippen LogP contribution in [0.1, 0.15) is 53.3 Å². The van der Waals surface area contributed by atoms with Crippen LogP contribution >= 0.6 is 0 Å². The number of aromatic amines is 1. The number of fused-ring (bicyclic) bond motifs is 4. The molecule has 14 nitrogen and oxygen atoms in total. The van der Waals surface area contributed by atoms with Crippen molar-refractivity contribution in [2.75, 3.05) is 59.0 Å². The minimum atomic E-state index is -0.859. The summed E-state index contributed by atoms with van der Waals surface area (Å²) < 4.78 is 11.7. The molecule has 2 bridgehead atoms. The first-order chi connectivity index (χ1) is 26.7. The van der Waals surface area contributed by atoms with Crippen LogP contribution in [0.5, 0.6) is 11.5 Å². The molecule has 4 saturated heterocycles. The van der Waals surface area contributed by atoms with Crippen molar-refractivity contribution < 1.29 is 34.1 Å². The summed E-state index contributed by atoms with van der Waals surface area (Å²) in [5.41, 5.74) is 1.21. The molecule has 0 unspecified atom stereocenters. The first-order valence-electron chi connectivity index (χ1n) is 19.0. The third-order valence-corrected chi connectivity index (χ3v) is 10.9. The fourth-order valence-corrected chi connectivity index (χ4v) is 7.81. The molecule has 0 spiro atoms. The lowest BCUT2D eigenvalue weighted by molar-refractivity contribution is -0.121. The first kappa shape index (κ1) is 37.9. The van der Waals surface area contributed by atoms with E-state index in [1.54, 1.807) is 41.3 Å². The Bertz CT molecular complexity index is 2030. The largest absolute Gasteiger partial charge is 0.506 e. The second-order valence-corrected chi connectivity index (χ2v) is 14.6. The van der Waals surface area contributed by atoms with E-state index in [1.807, 2.05) is 30.3 Å². The number of carbonyl (C=O) groups excluding carboxylic acids is 3. The number of phenols is 1. The van der Waals surface area contributed by atoms with Crippen LogP contribution in [-0.2, 0) is 15.1 Å². The van der Waals surface area contributed by atoms with E-state index >= 15 is 0 Å². The lowest BCUT2D eigenvalue weighted by atomic mass is 9.82. The maximum atomic E-state index is 13.4. The number of nitrogens with one attached hydrogen (secondary N) is 4. The van der Waals surface area contributed by atoms with E-state index in [4.69, 9.17) is 9.47 Å². The Morgan fingerprint density at radius 1 is 0.945 bits per heavy atom. The zero-order valence-corrected chi connectivity index (χ0v) is 30.7. The maximum absolute atomic E-state index is 13.4. The molecule has 0 aliphatic carbocycles. The predicted molar refractivity (Wildman–Crippen MR) is 205 cm³/mol. The molecule has 14 heteroatoms. The molecule has 8 rings (SSSR count). The lowest BCUT2D eigenvalue weighted by Crippen LogP contribution is -2.69. The number of piperidine rings is 3. The molecule has 6 N–H and O–H groups in total. The number of benzene rings is 3. The molecule has 290 valence electrons. The minimum Gasteiger partial charge on any atom is -0.506 e. The molecule has 4 aliphatic heterocycles. The number of pyridine rings is 1. The zero-order chi connectivity index (χ0) is 38.4. The van der Waals surface area contributed by atoms with Gasteiger partial charge >= 0.3 is 6.09 Å². The van der Waals surface area contributed by atoms with Gasteiger partial charge in [-0.2, -0.15) is 0 Å². The van der Waals surface area contributed by atoms with Crippen LogP contribution in [0.3, 0.4) is 0 Å². The van der Waals surface area contributed by atoms with E-state index in [-0.39, 0.29) is 54.3 Å². The lowest BCUT2D eigenvalue weighted by Gasteiger charge is -2.51. The van der Waals surface area contributed by atoms with Crippen LogP contribution < -0.4 is 26.2 Å². The first-order valence-corrected chi connectivity index (χ1v) is 19.0. The minimum absolute atomic E-state index is 0.0638.